The van der Waals surface area contributed by atoms with Crippen molar-refractivity contribution in [3.8, 4) is 0 Å². The third-order valence-corrected chi connectivity index (χ3v) is 1.47. The molecule has 0 aromatic carbocycles. The van der Waals surface area contributed by atoms with Crippen LogP contribution in [0.2, 0.25) is 0 Å². The Morgan fingerprint density at radius 2 is 2.40 bits per heavy atom. The zero-order valence-electron chi connectivity index (χ0n) is 6.16. The first-order valence-corrected chi connectivity index (χ1v) is 3.28. The van der Waals surface area contributed by atoms with Gasteiger partial charge in [-0.25, -0.2) is 9.78 Å². The van der Waals surface area contributed by atoms with Gasteiger partial charge in [-0.2, -0.15) is 0 Å². The van der Waals surface area contributed by atoms with Gasteiger partial charge in [0.05, 0.1) is 0 Å². The highest BCUT2D eigenvalue weighted by atomic mass is 16.1. The van der Waals surface area contributed by atoms with Crippen LogP contribution in [0.25, 0.3) is 0 Å². The molecule has 0 spiro atoms. The summed E-state index contributed by atoms with van der Waals surface area (Å²) in [5.74, 6) is 0. The van der Waals surface area contributed by atoms with Crippen molar-refractivity contribution in [2.75, 3.05) is 0 Å². The van der Waals surface area contributed by atoms with E-state index in [4.69, 9.17) is 0 Å². The van der Waals surface area contributed by atoms with E-state index in [9.17, 15) is 4.79 Å². The summed E-state index contributed by atoms with van der Waals surface area (Å²) in [5.41, 5.74) is 0.796. The van der Waals surface area contributed by atoms with Gasteiger partial charge in [-0.05, 0) is 19.9 Å². The molecule has 0 fully saturated rings. The van der Waals surface area contributed by atoms with Crippen molar-refractivity contribution in [2.24, 2.45) is 0 Å². The Morgan fingerprint density at radius 1 is 1.70 bits per heavy atom. The molecule has 3 heteroatoms. The van der Waals surface area contributed by atoms with Crippen LogP contribution in [-0.2, 0) is 6.54 Å². The quantitative estimate of drug-likeness (QED) is 0.568. The topological polar surface area (TPSA) is 34.9 Å². The summed E-state index contributed by atoms with van der Waals surface area (Å²) in [4.78, 5) is 14.5. The van der Waals surface area contributed by atoms with Crippen molar-refractivity contribution < 1.29 is 0 Å². The molecule has 0 aliphatic carbocycles. The zero-order chi connectivity index (χ0) is 7.56. The van der Waals surface area contributed by atoms with Crippen LogP contribution in [0.15, 0.2) is 17.1 Å². The number of aryl methyl sites for hydroxylation is 1. The second-order valence-electron chi connectivity index (χ2n) is 2.11. The molecule has 1 aromatic rings. The van der Waals surface area contributed by atoms with Gasteiger partial charge in [-0.15, -0.1) is 0 Å². The van der Waals surface area contributed by atoms with Gasteiger partial charge in [0, 0.05) is 18.4 Å². The van der Waals surface area contributed by atoms with Gasteiger partial charge < -0.3 is 0 Å². The van der Waals surface area contributed by atoms with Gasteiger partial charge in [0.2, 0.25) is 0 Å². The van der Waals surface area contributed by atoms with E-state index in [1.54, 1.807) is 4.57 Å². The van der Waals surface area contributed by atoms with Crippen molar-refractivity contribution >= 4 is 0 Å². The van der Waals surface area contributed by atoms with Crippen LogP contribution in [0.3, 0.4) is 0 Å². The van der Waals surface area contributed by atoms with Crippen LogP contribution in [0.1, 0.15) is 12.6 Å². The predicted octanol–water partition coefficient (Wildman–Crippen LogP) is 0.572. The Morgan fingerprint density at radius 3 is 2.80 bits per heavy atom. The molecule has 0 radical (unpaired) electrons. The molecule has 0 bridgehead atoms. The summed E-state index contributed by atoms with van der Waals surface area (Å²) in [6.45, 7) is 4.52. The second-order valence-corrected chi connectivity index (χ2v) is 2.11. The lowest BCUT2D eigenvalue weighted by atomic mass is 10.4. The highest BCUT2D eigenvalue weighted by Crippen LogP contribution is 1.89. The molecular formula is C7H10N2O. The molecule has 0 saturated carbocycles. The van der Waals surface area contributed by atoms with E-state index >= 15 is 0 Å². The van der Waals surface area contributed by atoms with Crippen molar-refractivity contribution in [3.63, 3.8) is 0 Å². The first-order valence-electron chi connectivity index (χ1n) is 3.28. The molecule has 0 aliphatic heterocycles. The summed E-state index contributed by atoms with van der Waals surface area (Å²) in [6.07, 6.45) is 1.53. The van der Waals surface area contributed by atoms with Crippen LogP contribution in [0.5, 0.6) is 0 Å². The summed E-state index contributed by atoms with van der Waals surface area (Å²) >= 11 is 0. The van der Waals surface area contributed by atoms with Gasteiger partial charge >= 0.3 is 5.69 Å². The molecule has 1 aromatic heterocycles. The first-order chi connectivity index (χ1) is 4.75. The largest absolute Gasteiger partial charge is 0.347 e. The molecule has 0 N–H and O–H groups in total. The summed E-state index contributed by atoms with van der Waals surface area (Å²) in [6, 6.07) is 1.82. The van der Waals surface area contributed by atoms with Crippen LogP contribution in [0, 0.1) is 6.92 Å². The Bertz CT molecular complexity index is 277. The first kappa shape index (κ1) is 6.99. The molecule has 3 nitrogen and oxygen atoms in total. The Hall–Kier alpha value is -1.12. The molecular weight excluding hydrogens is 128 g/mol. The van der Waals surface area contributed by atoms with Crippen molar-refractivity contribution in [2.45, 2.75) is 20.4 Å². The molecule has 10 heavy (non-hydrogen) atoms. The molecule has 54 valence electrons. The number of aromatic nitrogens is 2. The minimum Gasteiger partial charge on any atom is -0.297 e. The average molecular weight is 138 g/mol. The van der Waals surface area contributed by atoms with Crippen molar-refractivity contribution in [1.82, 2.24) is 9.55 Å². The normalized spacial score (nSPS) is 9.80. The molecule has 0 amide bonds. The molecule has 1 heterocycles. The lowest BCUT2D eigenvalue weighted by molar-refractivity contribution is 0.674. The lowest BCUT2D eigenvalue weighted by Gasteiger charge is -2.02. The minimum absolute atomic E-state index is 0.164. The van der Waals surface area contributed by atoms with E-state index in [0.29, 0.717) is 6.54 Å². The van der Waals surface area contributed by atoms with E-state index in [-0.39, 0.29) is 5.69 Å². The fourth-order valence-corrected chi connectivity index (χ4v) is 0.904. The van der Waals surface area contributed by atoms with Crippen LogP contribution < -0.4 is 5.69 Å². The van der Waals surface area contributed by atoms with E-state index in [0.717, 1.165) is 5.69 Å². The smallest absolute Gasteiger partial charge is 0.297 e. The second kappa shape index (κ2) is 2.64. The molecule has 0 saturated heterocycles. The predicted molar refractivity (Wildman–Crippen MR) is 38.9 cm³/mol. The lowest BCUT2D eigenvalue weighted by Crippen LogP contribution is -2.23. The van der Waals surface area contributed by atoms with E-state index in [1.165, 1.54) is 6.20 Å². The van der Waals surface area contributed by atoms with Crippen LogP contribution in [-0.4, -0.2) is 9.55 Å². The number of rotatable bonds is 1. The standard InChI is InChI=1S/C7H10N2O/c1-3-9-6(2)4-5-8-7(9)10/h4-5H,3H2,1-2H3. The maximum absolute atomic E-state index is 10.9. The maximum Gasteiger partial charge on any atom is 0.347 e. The third kappa shape index (κ3) is 1.07. The van der Waals surface area contributed by atoms with E-state index < -0.39 is 0 Å². The van der Waals surface area contributed by atoms with E-state index in [1.807, 2.05) is 19.9 Å². The Kier molecular flexibility index (Phi) is 1.85. The minimum atomic E-state index is -0.164. The van der Waals surface area contributed by atoms with E-state index in [2.05, 4.69) is 4.98 Å². The van der Waals surface area contributed by atoms with Crippen LogP contribution >= 0.6 is 0 Å². The average Bonchev–Trinajstić information content (AvgIpc) is 1.88. The SMILES string of the molecule is CCn1c(C)ccnc1=O. The summed E-state index contributed by atoms with van der Waals surface area (Å²) in [7, 11) is 0. The maximum atomic E-state index is 10.9. The summed E-state index contributed by atoms with van der Waals surface area (Å²) < 4.78 is 1.62. The van der Waals surface area contributed by atoms with Gasteiger partial charge in [0.15, 0.2) is 0 Å². The monoisotopic (exact) mass is 138 g/mol. The zero-order valence-corrected chi connectivity index (χ0v) is 6.16. The van der Waals surface area contributed by atoms with Gasteiger partial charge in [-0.3, -0.25) is 4.57 Å². The molecule has 0 aliphatic rings. The summed E-state index contributed by atoms with van der Waals surface area (Å²) in [5, 5.41) is 0. The highest BCUT2D eigenvalue weighted by Gasteiger charge is 1.94. The van der Waals surface area contributed by atoms with Crippen LogP contribution in [0.4, 0.5) is 0 Å². The van der Waals surface area contributed by atoms with Crippen molar-refractivity contribution in [3.05, 3.63) is 28.4 Å². The highest BCUT2D eigenvalue weighted by molar-refractivity contribution is 4.97. The van der Waals surface area contributed by atoms with Gasteiger partial charge in [0.25, 0.3) is 0 Å². The third-order valence-electron chi connectivity index (χ3n) is 1.47. The molecule has 0 atom stereocenters. The van der Waals surface area contributed by atoms with Gasteiger partial charge in [-0.1, -0.05) is 0 Å². The fourth-order valence-electron chi connectivity index (χ4n) is 0.904. The number of nitrogens with zero attached hydrogens (tertiary/aromatic N) is 2. The number of hydrogen-bond donors (Lipinski definition) is 0. The fraction of sp³-hybridized carbons (Fsp3) is 0.429. The Balaban J connectivity index is 3.31. The molecule has 0 unspecified atom stereocenters. The molecule has 1 rings (SSSR count). The Labute approximate surface area is 59.3 Å². The van der Waals surface area contributed by atoms with Gasteiger partial charge in [0.1, 0.15) is 0 Å². The number of hydrogen-bond acceptors (Lipinski definition) is 2. The van der Waals surface area contributed by atoms with Crippen molar-refractivity contribution in [1.29, 1.82) is 0 Å².